The van der Waals surface area contributed by atoms with Gasteiger partial charge in [-0.25, -0.2) is 8.42 Å². The lowest BCUT2D eigenvalue weighted by Gasteiger charge is -2.37. The van der Waals surface area contributed by atoms with E-state index in [9.17, 15) is 13.2 Å². The van der Waals surface area contributed by atoms with E-state index in [1.54, 1.807) is 24.3 Å². The Hall–Kier alpha value is -1.89. The number of carbonyl (C=O) groups is 1. The number of sulfone groups is 1. The van der Waals surface area contributed by atoms with Crippen LogP contribution in [0.2, 0.25) is 5.02 Å². The molecule has 1 atom stereocenters. The fraction of sp³-hybridized carbons (Fsp3) is 0.316. The molecule has 0 aliphatic carbocycles. The third-order valence-corrected chi connectivity index (χ3v) is 5.60. The second kappa shape index (κ2) is 7.78. The topological polar surface area (TPSA) is 66.5 Å². The van der Waals surface area contributed by atoms with Crippen LogP contribution in [0.5, 0.6) is 0 Å². The first-order valence-electron chi connectivity index (χ1n) is 8.38. The predicted molar refractivity (Wildman–Crippen MR) is 103 cm³/mol. The normalized spacial score (nSPS) is 17.9. The fourth-order valence-corrected chi connectivity index (χ4v) is 4.24. The van der Waals surface area contributed by atoms with E-state index >= 15 is 0 Å². The van der Waals surface area contributed by atoms with Gasteiger partial charge in [-0.1, -0.05) is 41.9 Å². The predicted octanol–water partition coefficient (Wildman–Crippen LogP) is 2.67. The zero-order chi connectivity index (χ0) is 18.7. The molecular formula is C19H21ClN2O3S. The number of rotatable bonds is 4. The largest absolute Gasteiger partial charge is 0.329 e. The molecule has 0 spiro atoms. The van der Waals surface area contributed by atoms with Gasteiger partial charge in [0.2, 0.25) is 0 Å². The summed E-state index contributed by atoms with van der Waals surface area (Å²) in [6, 6.07) is 14.2. The zero-order valence-electron chi connectivity index (χ0n) is 14.5. The number of piperazine rings is 1. The number of nitrogens with one attached hydrogen (secondary N) is 1. The molecule has 138 valence electrons. The zero-order valence-corrected chi connectivity index (χ0v) is 16.1. The van der Waals surface area contributed by atoms with Crippen LogP contribution < -0.4 is 5.32 Å². The lowest BCUT2D eigenvalue weighted by molar-refractivity contribution is 0.0634. The first-order valence-corrected chi connectivity index (χ1v) is 10.8. The molecule has 1 aliphatic heterocycles. The average molecular weight is 393 g/mol. The Morgan fingerprint density at radius 2 is 1.88 bits per heavy atom. The third kappa shape index (κ3) is 4.44. The first-order chi connectivity index (χ1) is 12.3. The number of benzene rings is 2. The summed E-state index contributed by atoms with van der Waals surface area (Å²) in [6.45, 7) is 1.94. The number of nitrogens with zero attached hydrogens (tertiary/aromatic N) is 1. The van der Waals surface area contributed by atoms with Gasteiger partial charge in [0.25, 0.3) is 5.91 Å². The maximum Gasteiger partial charge on any atom is 0.254 e. The Bertz CT molecular complexity index is 897. The summed E-state index contributed by atoms with van der Waals surface area (Å²) in [6.07, 6.45) is 1.20. The van der Waals surface area contributed by atoms with Crippen molar-refractivity contribution in [2.75, 3.05) is 25.9 Å². The molecule has 1 fully saturated rings. The molecule has 3 rings (SSSR count). The van der Waals surface area contributed by atoms with Crippen molar-refractivity contribution in [2.24, 2.45) is 0 Å². The van der Waals surface area contributed by atoms with E-state index in [2.05, 4.69) is 5.32 Å². The van der Waals surface area contributed by atoms with E-state index in [4.69, 9.17) is 11.6 Å². The van der Waals surface area contributed by atoms with Crippen LogP contribution in [0.1, 0.15) is 27.5 Å². The highest BCUT2D eigenvalue weighted by Gasteiger charge is 2.29. The summed E-state index contributed by atoms with van der Waals surface area (Å²) in [5, 5.41) is 3.95. The van der Waals surface area contributed by atoms with Gasteiger partial charge in [-0.3, -0.25) is 4.79 Å². The third-order valence-electron chi connectivity index (χ3n) is 4.40. The van der Waals surface area contributed by atoms with Crippen molar-refractivity contribution in [2.45, 2.75) is 11.8 Å². The van der Waals surface area contributed by atoms with Crippen LogP contribution in [0.3, 0.4) is 0 Å². The molecule has 1 N–H and O–H groups in total. The standard InChI is InChI=1S/C19H21ClN2O3S/c1-26(24,25)13-14-6-8-15(9-7-14)19(23)22-11-10-21-12-18(22)16-4-2-3-5-17(16)20/h2-9,18,21H,10-13H2,1H3. The summed E-state index contributed by atoms with van der Waals surface area (Å²) >= 11 is 6.33. The summed E-state index contributed by atoms with van der Waals surface area (Å²) in [5.74, 6) is -0.112. The highest BCUT2D eigenvalue weighted by Crippen LogP contribution is 2.29. The molecule has 0 saturated carbocycles. The maximum atomic E-state index is 13.0. The number of hydrogen-bond donors (Lipinski definition) is 1. The highest BCUT2D eigenvalue weighted by atomic mass is 35.5. The minimum absolute atomic E-state index is 0.0304. The molecule has 5 nitrogen and oxygen atoms in total. The van der Waals surface area contributed by atoms with Crippen LogP contribution in [0.4, 0.5) is 0 Å². The molecule has 0 bridgehead atoms. The minimum Gasteiger partial charge on any atom is -0.329 e. The quantitative estimate of drug-likeness (QED) is 0.868. The number of carbonyl (C=O) groups excluding carboxylic acids is 1. The van der Waals surface area contributed by atoms with Gasteiger partial charge in [-0.15, -0.1) is 0 Å². The van der Waals surface area contributed by atoms with Gasteiger partial charge in [0.15, 0.2) is 9.84 Å². The van der Waals surface area contributed by atoms with Crippen molar-refractivity contribution in [3.05, 3.63) is 70.2 Å². The van der Waals surface area contributed by atoms with Gasteiger partial charge in [-0.05, 0) is 29.3 Å². The van der Waals surface area contributed by atoms with Crippen LogP contribution in [0.25, 0.3) is 0 Å². The van der Waals surface area contributed by atoms with Crippen molar-refractivity contribution < 1.29 is 13.2 Å². The van der Waals surface area contributed by atoms with Crippen LogP contribution in [0.15, 0.2) is 48.5 Å². The van der Waals surface area contributed by atoms with Crippen molar-refractivity contribution in [1.29, 1.82) is 0 Å². The van der Waals surface area contributed by atoms with Gasteiger partial charge < -0.3 is 10.2 Å². The summed E-state index contributed by atoms with van der Waals surface area (Å²) in [4.78, 5) is 14.9. The van der Waals surface area contributed by atoms with Gasteiger partial charge in [0, 0.05) is 36.5 Å². The van der Waals surface area contributed by atoms with E-state index < -0.39 is 9.84 Å². The van der Waals surface area contributed by atoms with Gasteiger partial charge >= 0.3 is 0 Å². The van der Waals surface area contributed by atoms with Gasteiger partial charge in [-0.2, -0.15) is 0 Å². The van der Waals surface area contributed by atoms with E-state index in [1.807, 2.05) is 29.2 Å². The van der Waals surface area contributed by atoms with E-state index in [1.165, 1.54) is 6.26 Å². The van der Waals surface area contributed by atoms with Gasteiger partial charge in [0.1, 0.15) is 0 Å². The Labute approximate surface area is 158 Å². The van der Waals surface area contributed by atoms with E-state index in [-0.39, 0.29) is 17.7 Å². The molecule has 2 aromatic carbocycles. The smallest absolute Gasteiger partial charge is 0.254 e. The summed E-state index contributed by atoms with van der Waals surface area (Å²) < 4.78 is 22.8. The van der Waals surface area contributed by atoms with Crippen molar-refractivity contribution in [1.82, 2.24) is 10.2 Å². The summed E-state index contributed by atoms with van der Waals surface area (Å²) in [5.41, 5.74) is 2.14. The molecule has 1 heterocycles. The number of hydrogen-bond acceptors (Lipinski definition) is 4. The van der Waals surface area contributed by atoms with Crippen molar-refractivity contribution in [3.8, 4) is 0 Å². The highest BCUT2D eigenvalue weighted by molar-refractivity contribution is 7.89. The second-order valence-corrected chi connectivity index (χ2v) is 9.05. The Morgan fingerprint density at radius 3 is 2.54 bits per heavy atom. The summed E-state index contributed by atoms with van der Waals surface area (Å²) in [7, 11) is -3.10. The van der Waals surface area contributed by atoms with Crippen LogP contribution >= 0.6 is 11.6 Å². The number of amides is 1. The molecule has 1 unspecified atom stereocenters. The average Bonchev–Trinajstić information content (AvgIpc) is 2.61. The second-order valence-electron chi connectivity index (χ2n) is 6.51. The van der Waals surface area contributed by atoms with E-state index in [0.717, 1.165) is 12.1 Å². The molecule has 1 saturated heterocycles. The maximum absolute atomic E-state index is 13.0. The Kier molecular flexibility index (Phi) is 5.65. The van der Waals surface area contributed by atoms with Gasteiger partial charge in [0.05, 0.1) is 11.8 Å². The SMILES string of the molecule is CS(=O)(=O)Cc1ccc(C(=O)N2CCNCC2c2ccccc2Cl)cc1. The molecule has 1 aliphatic rings. The molecule has 2 aromatic rings. The first kappa shape index (κ1) is 18.9. The molecule has 26 heavy (non-hydrogen) atoms. The fourth-order valence-electron chi connectivity index (χ4n) is 3.18. The van der Waals surface area contributed by atoms with Crippen molar-refractivity contribution in [3.63, 3.8) is 0 Å². The molecular weight excluding hydrogens is 372 g/mol. The van der Waals surface area contributed by atoms with Crippen LogP contribution in [-0.2, 0) is 15.6 Å². The Balaban J connectivity index is 1.84. The minimum atomic E-state index is -3.10. The molecule has 0 radical (unpaired) electrons. The van der Waals surface area contributed by atoms with Crippen molar-refractivity contribution >= 4 is 27.3 Å². The Morgan fingerprint density at radius 1 is 1.19 bits per heavy atom. The monoisotopic (exact) mass is 392 g/mol. The molecule has 7 heteroatoms. The number of halogens is 1. The molecule has 1 amide bonds. The lowest BCUT2D eigenvalue weighted by Crippen LogP contribution is -2.48. The van der Waals surface area contributed by atoms with Crippen LogP contribution in [0, 0.1) is 0 Å². The lowest BCUT2D eigenvalue weighted by atomic mass is 10.0. The van der Waals surface area contributed by atoms with E-state index in [0.29, 0.717) is 29.2 Å². The molecule has 0 aromatic heterocycles. The van der Waals surface area contributed by atoms with Crippen LogP contribution in [-0.4, -0.2) is 45.1 Å².